The molecule has 1 heterocycles. The fourth-order valence-corrected chi connectivity index (χ4v) is 3.74. The molecule has 5 heteroatoms. The third-order valence-electron chi connectivity index (χ3n) is 4.08. The number of nitrogens with zero attached hydrogens (tertiary/aromatic N) is 1. The summed E-state index contributed by atoms with van der Waals surface area (Å²) in [6, 6.07) is 7.15. The van der Waals surface area contributed by atoms with Crippen molar-refractivity contribution in [2.75, 3.05) is 20.2 Å². The molecule has 0 aromatic heterocycles. The fourth-order valence-electron chi connectivity index (χ4n) is 2.56. The first-order valence-electron chi connectivity index (χ1n) is 7.71. The van der Waals surface area contributed by atoms with Crippen LogP contribution in [0.4, 0.5) is 0 Å². The first-order valence-corrected chi connectivity index (χ1v) is 9.15. The molecular weight excluding hydrogens is 286 g/mol. The molecule has 0 bridgehead atoms. The average molecular weight is 311 g/mol. The van der Waals surface area contributed by atoms with Gasteiger partial charge in [-0.05, 0) is 49.8 Å². The standard InChI is InChI=1S/C16H25NO3S/c1-3-14-7-9-16(10-8-14)21(18,19)17(2)12-11-15-6-4-5-13-20-15/h7-10,15H,3-6,11-13H2,1-2H3. The van der Waals surface area contributed by atoms with E-state index in [1.807, 2.05) is 12.1 Å². The number of aryl methyl sites for hydroxylation is 1. The zero-order valence-corrected chi connectivity index (χ0v) is 13.7. The van der Waals surface area contributed by atoms with E-state index in [9.17, 15) is 8.42 Å². The maximum absolute atomic E-state index is 12.5. The van der Waals surface area contributed by atoms with Gasteiger partial charge in [0.1, 0.15) is 0 Å². The normalized spacial score (nSPS) is 19.9. The molecule has 0 radical (unpaired) electrons. The minimum absolute atomic E-state index is 0.207. The Balaban J connectivity index is 1.96. The molecule has 0 saturated carbocycles. The van der Waals surface area contributed by atoms with Gasteiger partial charge in [-0.15, -0.1) is 0 Å². The Bertz CT molecular complexity index is 533. The van der Waals surface area contributed by atoms with Gasteiger partial charge in [0.05, 0.1) is 11.0 Å². The van der Waals surface area contributed by atoms with Gasteiger partial charge in [-0.1, -0.05) is 19.1 Å². The number of hydrogen-bond donors (Lipinski definition) is 0. The monoisotopic (exact) mass is 311 g/mol. The van der Waals surface area contributed by atoms with Crippen LogP contribution in [0.15, 0.2) is 29.2 Å². The quantitative estimate of drug-likeness (QED) is 0.811. The zero-order chi connectivity index (χ0) is 15.3. The molecular formula is C16H25NO3S. The van der Waals surface area contributed by atoms with E-state index in [4.69, 9.17) is 4.74 Å². The highest BCUT2D eigenvalue weighted by Crippen LogP contribution is 2.19. The van der Waals surface area contributed by atoms with Gasteiger partial charge in [-0.3, -0.25) is 0 Å². The Morgan fingerprint density at radius 3 is 2.52 bits per heavy atom. The van der Waals surface area contributed by atoms with Crippen LogP contribution in [0.3, 0.4) is 0 Å². The molecule has 1 fully saturated rings. The van der Waals surface area contributed by atoms with Gasteiger partial charge < -0.3 is 4.74 Å². The van der Waals surface area contributed by atoms with Crippen molar-refractivity contribution < 1.29 is 13.2 Å². The summed E-state index contributed by atoms with van der Waals surface area (Å²) in [5.41, 5.74) is 1.15. The average Bonchev–Trinajstić information content (AvgIpc) is 2.53. The fraction of sp³-hybridized carbons (Fsp3) is 0.625. The van der Waals surface area contributed by atoms with Crippen LogP contribution >= 0.6 is 0 Å². The SMILES string of the molecule is CCc1ccc(S(=O)(=O)N(C)CCC2CCCCO2)cc1. The van der Waals surface area contributed by atoms with Gasteiger partial charge in [-0.25, -0.2) is 12.7 Å². The Morgan fingerprint density at radius 1 is 1.24 bits per heavy atom. The molecule has 1 aliphatic heterocycles. The van der Waals surface area contributed by atoms with E-state index >= 15 is 0 Å². The molecule has 118 valence electrons. The maximum atomic E-state index is 12.5. The van der Waals surface area contributed by atoms with Crippen molar-refractivity contribution in [2.24, 2.45) is 0 Å². The summed E-state index contributed by atoms with van der Waals surface area (Å²) in [7, 11) is -1.74. The summed E-state index contributed by atoms with van der Waals surface area (Å²) >= 11 is 0. The highest BCUT2D eigenvalue weighted by Gasteiger charge is 2.22. The lowest BCUT2D eigenvalue weighted by molar-refractivity contribution is 0.00950. The summed E-state index contributed by atoms with van der Waals surface area (Å²) in [5, 5.41) is 0. The third-order valence-corrected chi connectivity index (χ3v) is 5.95. The first kappa shape index (κ1) is 16.5. The van der Waals surface area contributed by atoms with Crippen LogP contribution < -0.4 is 0 Å². The molecule has 0 N–H and O–H groups in total. The van der Waals surface area contributed by atoms with E-state index in [-0.39, 0.29) is 6.10 Å². The van der Waals surface area contributed by atoms with Crippen molar-refractivity contribution in [3.8, 4) is 0 Å². The topological polar surface area (TPSA) is 46.6 Å². The van der Waals surface area contributed by atoms with Crippen LogP contribution in [0.1, 0.15) is 38.2 Å². The first-order chi connectivity index (χ1) is 10.0. The molecule has 0 spiro atoms. The highest BCUT2D eigenvalue weighted by molar-refractivity contribution is 7.89. The molecule has 21 heavy (non-hydrogen) atoms. The smallest absolute Gasteiger partial charge is 0.242 e. The van der Waals surface area contributed by atoms with Gasteiger partial charge in [0.2, 0.25) is 10.0 Å². The summed E-state index contributed by atoms with van der Waals surface area (Å²) in [5.74, 6) is 0. The largest absolute Gasteiger partial charge is 0.378 e. The molecule has 2 rings (SSSR count). The maximum Gasteiger partial charge on any atom is 0.242 e. The predicted octanol–water partition coefficient (Wildman–Crippen LogP) is 2.83. The second kappa shape index (κ2) is 7.38. The van der Waals surface area contributed by atoms with E-state index in [0.717, 1.165) is 37.9 Å². The van der Waals surface area contributed by atoms with Crippen molar-refractivity contribution in [3.05, 3.63) is 29.8 Å². The second-order valence-electron chi connectivity index (χ2n) is 5.60. The molecule has 1 aromatic carbocycles. The van der Waals surface area contributed by atoms with Crippen molar-refractivity contribution in [2.45, 2.75) is 50.0 Å². The van der Waals surface area contributed by atoms with Crippen LogP contribution in [0.5, 0.6) is 0 Å². The molecule has 1 aliphatic rings. The Morgan fingerprint density at radius 2 is 1.95 bits per heavy atom. The lowest BCUT2D eigenvalue weighted by Gasteiger charge is -2.25. The lowest BCUT2D eigenvalue weighted by Crippen LogP contribution is -2.31. The van der Waals surface area contributed by atoms with Crippen molar-refractivity contribution in [1.29, 1.82) is 0 Å². The van der Waals surface area contributed by atoms with Crippen molar-refractivity contribution in [1.82, 2.24) is 4.31 Å². The molecule has 1 unspecified atom stereocenters. The Kier molecular flexibility index (Phi) is 5.79. The van der Waals surface area contributed by atoms with Gasteiger partial charge in [0, 0.05) is 20.2 Å². The minimum atomic E-state index is -3.39. The number of rotatable bonds is 6. The minimum Gasteiger partial charge on any atom is -0.378 e. The number of benzene rings is 1. The summed E-state index contributed by atoms with van der Waals surface area (Å²) in [6.45, 7) is 3.36. The van der Waals surface area contributed by atoms with E-state index in [2.05, 4.69) is 6.92 Å². The van der Waals surface area contributed by atoms with E-state index in [0.29, 0.717) is 11.4 Å². The van der Waals surface area contributed by atoms with Crippen LogP contribution in [0.2, 0.25) is 0 Å². The molecule has 4 nitrogen and oxygen atoms in total. The Labute approximate surface area is 128 Å². The summed E-state index contributed by atoms with van der Waals surface area (Å²) in [4.78, 5) is 0.367. The zero-order valence-electron chi connectivity index (χ0n) is 12.9. The summed E-state index contributed by atoms with van der Waals surface area (Å²) in [6.07, 6.45) is 5.23. The van der Waals surface area contributed by atoms with Crippen LogP contribution in [0, 0.1) is 0 Å². The third kappa shape index (κ3) is 4.28. The van der Waals surface area contributed by atoms with Crippen LogP contribution in [-0.2, 0) is 21.2 Å². The number of ether oxygens (including phenoxy) is 1. The van der Waals surface area contributed by atoms with Crippen molar-refractivity contribution in [3.63, 3.8) is 0 Å². The van der Waals surface area contributed by atoms with Crippen LogP contribution in [-0.4, -0.2) is 39.0 Å². The van der Waals surface area contributed by atoms with Gasteiger partial charge in [0.15, 0.2) is 0 Å². The van der Waals surface area contributed by atoms with Gasteiger partial charge in [0.25, 0.3) is 0 Å². The van der Waals surface area contributed by atoms with Gasteiger partial charge in [-0.2, -0.15) is 0 Å². The van der Waals surface area contributed by atoms with Crippen LogP contribution in [0.25, 0.3) is 0 Å². The molecule has 0 aliphatic carbocycles. The number of sulfonamides is 1. The summed E-state index contributed by atoms with van der Waals surface area (Å²) < 4.78 is 32.1. The van der Waals surface area contributed by atoms with Gasteiger partial charge >= 0.3 is 0 Å². The van der Waals surface area contributed by atoms with E-state index in [1.165, 1.54) is 10.7 Å². The lowest BCUT2D eigenvalue weighted by atomic mass is 10.1. The van der Waals surface area contributed by atoms with E-state index in [1.54, 1.807) is 19.2 Å². The molecule has 1 aromatic rings. The van der Waals surface area contributed by atoms with Crippen molar-refractivity contribution >= 4 is 10.0 Å². The second-order valence-corrected chi connectivity index (χ2v) is 7.65. The predicted molar refractivity (Wildman–Crippen MR) is 83.8 cm³/mol. The van der Waals surface area contributed by atoms with E-state index < -0.39 is 10.0 Å². The molecule has 0 amide bonds. The highest BCUT2D eigenvalue weighted by atomic mass is 32.2. The number of hydrogen-bond acceptors (Lipinski definition) is 3. The molecule has 1 saturated heterocycles. The Hall–Kier alpha value is -0.910. The molecule has 1 atom stereocenters.